The van der Waals surface area contributed by atoms with E-state index in [9.17, 15) is 9.59 Å². The fourth-order valence-corrected chi connectivity index (χ4v) is 3.50. The van der Waals surface area contributed by atoms with Gasteiger partial charge in [-0.1, -0.05) is 0 Å². The Labute approximate surface area is 145 Å². The molecule has 3 heterocycles. The summed E-state index contributed by atoms with van der Waals surface area (Å²) >= 11 is 1.51. The Balaban J connectivity index is 1.59. The van der Waals surface area contributed by atoms with E-state index in [0.29, 0.717) is 31.7 Å². The lowest BCUT2D eigenvalue weighted by Crippen LogP contribution is -2.50. The Hall–Kier alpha value is -2.41. The zero-order valence-electron chi connectivity index (χ0n) is 13.8. The van der Waals surface area contributed by atoms with Gasteiger partial charge in [-0.05, 0) is 31.2 Å². The standard InChI is InChI=1S/C17H20N4O2S/c1-12-3-5-14(24-12)17(23)21-9-7-20(8-10-21)16(22)13-4-6-15(18-2)19-11-13/h3-6,11H,7-10H2,1-2H3,(H,18,19). The number of aromatic nitrogens is 1. The van der Waals surface area contributed by atoms with Gasteiger partial charge in [0.1, 0.15) is 5.82 Å². The van der Waals surface area contributed by atoms with Crippen molar-refractivity contribution in [2.24, 2.45) is 0 Å². The molecule has 0 aromatic carbocycles. The van der Waals surface area contributed by atoms with Crippen molar-refractivity contribution in [3.8, 4) is 0 Å². The first-order chi connectivity index (χ1) is 11.6. The minimum absolute atomic E-state index is 0.0378. The fourth-order valence-electron chi connectivity index (χ4n) is 2.67. The topological polar surface area (TPSA) is 65.5 Å². The van der Waals surface area contributed by atoms with Crippen LogP contribution in [0.1, 0.15) is 24.9 Å². The highest BCUT2D eigenvalue weighted by Gasteiger charge is 2.26. The van der Waals surface area contributed by atoms with Crippen molar-refractivity contribution in [2.45, 2.75) is 6.92 Å². The highest BCUT2D eigenvalue weighted by Crippen LogP contribution is 2.18. The second kappa shape index (κ2) is 7.00. The van der Waals surface area contributed by atoms with Gasteiger partial charge in [0.25, 0.3) is 11.8 Å². The lowest BCUT2D eigenvalue weighted by molar-refractivity contribution is 0.0538. The van der Waals surface area contributed by atoms with E-state index in [2.05, 4.69) is 10.3 Å². The summed E-state index contributed by atoms with van der Waals surface area (Å²) in [4.78, 5) is 34.6. The third kappa shape index (κ3) is 3.41. The monoisotopic (exact) mass is 344 g/mol. The van der Waals surface area contributed by atoms with Crippen LogP contribution in [0, 0.1) is 6.92 Å². The van der Waals surface area contributed by atoms with E-state index < -0.39 is 0 Å². The number of piperazine rings is 1. The first kappa shape index (κ1) is 16.4. The van der Waals surface area contributed by atoms with Crippen LogP contribution in [0.3, 0.4) is 0 Å². The number of carbonyl (C=O) groups is 2. The van der Waals surface area contributed by atoms with E-state index in [1.807, 2.05) is 24.0 Å². The van der Waals surface area contributed by atoms with Crippen LogP contribution in [0.4, 0.5) is 5.82 Å². The third-order valence-corrected chi connectivity index (χ3v) is 5.06. The average Bonchev–Trinajstić information content (AvgIpc) is 3.07. The Morgan fingerprint density at radius 3 is 2.21 bits per heavy atom. The number of nitrogens with zero attached hydrogens (tertiary/aromatic N) is 3. The van der Waals surface area contributed by atoms with Crippen molar-refractivity contribution in [1.82, 2.24) is 14.8 Å². The van der Waals surface area contributed by atoms with Crippen LogP contribution in [0.25, 0.3) is 0 Å². The van der Waals surface area contributed by atoms with Gasteiger partial charge in [-0.2, -0.15) is 0 Å². The van der Waals surface area contributed by atoms with E-state index in [4.69, 9.17) is 0 Å². The van der Waals surface area contributed by atoms with Crippen LogP contribution in [0.5, 0.6) is 0 Å². The summed E-state index contributed by atoms with van der Waals surface area (Å²) in [6.45, 7) is 4.20. The van der Waals surface area contributed by atoms with Crippen LogP contribution in [0.15, 0.2) is 30.5 Å². The van der Waals surface area contributed by atoms with Gasteiger partial charge < -0.3 is 15.1 Å². The lowest BCUT2D eigenvalue weighted by atomic mass is 10.2. The summed E-state index contributed by atoms with van der Waals surface area (Å²) in [7, 11) is 1.79. The summed E-state index contributed by atoms with van der Waals surface area (Å²) in [5, 5.41) is 2.93. The first-order valence-electron chi connectivity index (χ1n) is 7.87. The molecule has 1 aliphatic heterocycles. The molecule has 0 atom stereocenters. The van der Waals surface area contributed by atoms with Crippen LogP contribution in [-0.2, 0) is 0 Å². The molecule has 6 nitrogen and oxygen atoms in total. The number of amides is 2. The SMILES string of the molecule is CNc1ccc(C(=O)N2CCN(C(=O)c3ccc(C)s3)CC2)cn1. The smallest absolute Gasteiger partial charge is 0.264 e. The zero-order chi connectivity index (χ0) is 17.1. The van der Waals surface area contributed by atoms with E-state index in [-0.39, 0.29) is 11.8 Å². The van der Waals surface area contributed by atoms with Crippen molar-refractivity contribution in [3.05, 3.63) is 45.8 Å². The Morgan fingerprint density at radius 2 is 1.71 bits per heavy atom. The summed E-state index contributed by atoms with van der Waals surface area (Å²) < 4.78 is 0. The molecule has 1 N–H and O–H groups in total. The first-order valence-corrected chi connectivity index (χ1v) is 8.69. The quantitative estimate of drug-likeness (QED) is 0.926. The maximum Gasteiger partial charge on any atom is 0.264 e. The van der Waals surface area contributed by atoms with Gasteiger partial charge in [-0.15, -0.1) is 11.3 Å². The van der Waals surface area contributed by atoms with Crippen LogP contribution >= 0.6 is 11.3 Å². The zero-order valence-corrected chi connectivity index (χ0v) is 14.6. The molecule has 1 aliphatic rings. The Bertz CT molecular complexity index is 733. The van der Waals surface area contributed by atoms with Crippen LogP contribution < -0.4 is 5.32 Å². The Kier molecular flexibility index (Phi) is 4.80. The van der Waals surface area contributed by atoms with Gasteiger partial charge in [0.2, 0.25) is 0 Å². The largest absolute Gasteiger partial charge is 0.373 e. The number of pyridine rings is 1. The van der Waals surface area contributed by atoms with E-state index in [1.54, 1.807) is 30.3 Å². The van der Waals surface area contributed by atoms with Crippen molar-refractivity contribution < 1.29 is 9.59 Å². The van der Waals surface area contributed by atoms with E-state index >= 15 is 0 Å². The molecule has 1 fully saturated rings. The average molecular weight is 344 g/mol. The molecule has 24 heavy (non-hydrogen) atoms. The highest BCUT2D eigenvalue weighted by molar-refractivity contribution is 7.13. The molecule has 0 saturated carbocycles. The maximum atomic E-state index is 12.5. The lowest BCUT2D eigenvalue weighted by Gasteiger charge is -2.34. The second-order valence-electron chi connectivity index (χ2n) is 5.68. The molecule has 0 unspecified atom stereocenters. The predicted octanol–water partition coefficient (Wildman–Crippen LogP) is 2.09. The number of aryl methyl sites for hydroxylation is 1. The number of anilines is 1. The molecule has 0 radical (unpaired) electrons. The molecule has 3 rings (SSSR count). The van der Waals surface area contributed by atoms with Crippen molar-refractivity contribution in [2.75, 3.05) is 38.5 Å². The van der Waals surface area contributed by atoms with Crippen LogP contribution in [-0.4, -0.2) is 59.8 Å². The van der Waals surface area contributed by atoms with E-state index in [1.165, 1.54) is 11.3 Å². The minimum Gasteiger partial charge on any atom is -0.373 e. The molecule has 2 aromatic heterocycles. The van der Waals surface area contributed by atoms with Crippen molar-refractivity contribution in [1.29, 1.82) is 0 Å². The van der Waals surface area contributed by atoms with Gasteiger partial charge >= 0.3 is 0 Å². The number of nitrogens with one attached hydrogen (secondary N) is 1. The number of hydrogen-bond acceptors (Lipinski definition) is 5. The van der Waals surface area contributed by atoms with Crippen LogP contribution in [0.2, 0.25) is 0 Å². The maximum absolute atomic E-state index is 12.5. The Morgan fingerprint density at radius 1 is 1.04 bits per heavy atom. The number of rotatable bonds is 3. The molecule has 7 heteroatoms. The number of thiophene rings is 1. The van der Waals surface area contributed by atoms with E-state index in [0.717, 1.165) is 15.6 Å². The highest BCUT2D eigenvalue weighted by atomic mass is 32.1. The van der Waals surface area contributed by atoms with Gasteiger partial charge in [0.15, 0.2) is 0 Å². The van der Waals surface area contributed by atoms with Crippen molar-refractivity contribution >= 4 is 29.0 Å². The number of hydrogen-bond donors (Lipinski definition) is 1. The van der Waals surface area contributed by atoms with Gasteiger partial charge in [-0.3, -0.25) is 9.59 Å². The number of carbonyl (C=O) groups excluding carboxylic acids is 2. The summed E-state index contributed by atoms with van der Waals surface area (Å²) in [5.74, 6) is 0.748. The molecular weight excluding hydrogens is 324 g/mol. The predicted molar refractivity (Wildman–Crippen MR) is 94.6 cm³/mol. The normalized spacial score (nSPS) is 14.6. The molecule has 0 aliphatic carbocycles. The fraction of sp³-hybridized carbons (Fsp3) is 0.353. The molecule has 126 valence electrons. The van der Waals surface area contributed by atoms with Gasteiger partial charge in [-0.25, -0.2) is 4.98 Å². The van der Waals surface area contributed by atoms with Gasteiger partial charge in [0.05, 0.1) is 10.4 Å². The second-order valence-corrected chi connectivity index (χ2v) is 6.96. The molecule has 0 spiro atoms. The molecule has 2 aromatic rings. The molecule has 2 amide bonds. The van der Waals surface area contributed by atoms with Gasteiger partial charge in [0, 0.05) is 44.3 Å². The molecule has 1 saturated heterocycles. The summed E-state index contributed by atoms with van der Waals surface area (Å²) in [6, 6.07) is 7.38. The minimum atomic E-state index is -0.0378. The van der Waals surface area contributed by atoms with Crippen molar-refractivity contribution in [3.63, 3.8) is 0 Å². The summed E-state index contributed by atoms with van der Waals surface area (Å²) in [5.41, 5.74) is 0.572. The third-order valence-electron chi connectivity index (χ3n) is 4.07. The molecule has 0 bridgehead atoms. The summed E-state index contributed by atoms with van der Waals surface area (Å²) in [6.07, 6.45) is 1.58. The molecular formula is C17H20N4O2S.